The molecule has 0 bridgehead atoms. The van der Waals surface area contributed by atoms with Gasteiger partial charge in [-0.1, -0.05) is 19.6 Å². The number of hydrogen-bond acceptors (Lipinski definition) is 2. The molecule has 0 radical (unpaired) electrons. The van der Waals surface area contributed by atoms with Crippen molar-refractivity contribution in [1.29, 1.82) is 0 Å². The van der Waals surface area contributed by atoms with Crippen LogP contribution in [0.2, 0.25) is 19.6 Å². The summed E-state index contributed by atoms with van der Waals surface area (Å²) in [6.07, 6.45) is 2.11. The van der Waals surface area contributed by atoms with Crippen molar-refractivity contribution < 1.29 is 5.11 Å². The van der Waals surface area contributed by atoms with Gasteiger partial charge in [0.05, 0.1) is 6.10 Å². The molecule has 1 saturated heterocycles. The largest absolute Gasteiger partial charge is 0.392 e. The Balaban J connectivity index is 2.46. The lowest BCUT2D eigenvalue weighted by Gasteiger charge is -2.38. The van der Waals surface area contributed by atoms with Crippen molar-refractivity contribution in [1.82, 2.24) is 4.57 Å². The first-order valence-corrected chi connectivity index (χ1v) is 7.88. The maximum Gasteiger partial charge on any atom is 0.119 e. The van der Waals surface area contributed by atoms with E-state index in [9.17, 15) is 5.11 Å². The zero-order chi connectivity index (χ0) is 8.48. The van der Waals surface area contributed by atoms with Crippen molar-refractivity contribution in [2.45, 2.75) is 38.6 Å². The Bertz CT molecular complexity index is 133. The van der Waals surface area contributed by atoms with Gasteiger partial charge in [-0.25, -0.2) is 0 Å². The van der Waals surface area contributed by atoms with E-state index in [0.717, 1.165) is 13.0 Å². The van der Waals surface area contributed by atoms with E-state index >= 15 is 0 Å². The van der Waals surface area contributed by atoms with Crippen LogP contribution in [-0.2, 0) is 0 Å². The minimum atomic E-state index is -1.12. The summed E-state index contributed by atoms with van der Waals surface area (Å²) in [7, 11) is -1.12. The van der Waals surface area contributed by atoms with Gasteiger partial charge in [-0.3, -0.25) is 0 Å². The molecule has 0 saturated carbocycles. The molecule has 1 aliphatic rings. The Labute approximate surface area is 70.3 Å². The molecule has 2 nitrogen and oxygen atoms in total. The fourth-order valence-electron chi connectivity index (χ4n) is 1.56. The lowest BCUT2D eigenvalue weighted by Crippen LogP contribution is -2.52. The van der Waals surface area contributed by atoms with Crippen LogP contribution >= 0.6 is 0 Å². The highest BCUT2D eigenvalue weighted by molar-refractivity contribution is 6.73. The van der Waals surface area contributed by atoms with Crippen molar-refractivity contribution in [2.75, 3.05) is 13.1 Å². The van der Waals surface area contributed by atoms with Crippen LogP contribution in [0, 0.1) is 0 Å². The van der Waals surface area contributed by atoms with Crippen LogP contribution in [-0.4, -0.2) is 37.1 Å². The number of hydrogen-bond donors (Lipinski definition) is 1. The van der Waals surface area contributed by atoms with Crippen LogP contribution in [0.25, 0.3) is 0 Å². The van der Waals surface area contributed by atoms with Crippen LogP contribution < -0.4 is 0 Å². The first-order valence-electron chi connectivity index (χ1n) is 4.43. The average molecular weight is 173 g/mol. The molecule has 66 valence electrons. The van der Waals surface area contributed by atoms with Gasteiger partial charge in [0.25, 0.3) is 0 Å². The second-order valence-electron chi connectivity index (χ2n) is 4.41. The van der Waals surface area contributed by atoms with Crippen LogP contribution in [0.5, 0.6) is 0 Å². The van der Waals surface area contributed by atoms with E-state index in [4.69, 9.17) is 0 Å². The summed E-state index contributed by atoms with van der Waals surface area (Å²) < 4.78 is 2.49. The van der Waals surface area contributed by atoms with E-state index in [1.807, 2.05) is 0 Å². The SMILES string of the molecule is C[Si](C)(C)N1CCCC(O)C1. The first-order chi connectivity index (χ1) is 5.00. The van der Waals surface area contributed by atoms with Crippen LogP contribution in [0.1, 0.15) is 12.8 Å². The Morgan fingerprint density at radius 3 is 2.36 bits per heavy atom. The fourth-order valence-corrected chi connectivity index (χ4v) is 3.15. The van der Waals surface area contributed by atoms with Crippen LogP contribution in [0.15, 0.2) is 0 Å². The second kappa shape index (κ2) is 3.25. The highest BCUT2D eigenvalue weighted by atomic mass is 28.3. The monoisotopic (exact) mass is 173 g/mol. The zero-order valence-corrected chi connectivity index (χ0v) is 8.80. The lowest BCUT2D eigenvalue weighted by molar-refractivity contribution is 0.104. The highest BCUT2D eigenvalue weighted by Crippen LogP contribution is 2.17. The Morgan fingerprint density at radius 2 is 2.00 bits per heavy atom. The molecule has 0 aromatic rings. The van der Waals surface area contributed by atoms with Gasteiger partial charge in [0.2, 0.25) is 0 Å². The van der Waals surface area contributed by atoms with Crippen LogP contribution in [0.3, 0.4) is 0 Å². The van der Waals surface area contributed by atoms with E-state index < -0.39 is 8.24 Å². The van der Waals surface area contributed by atoms with Crippen molar-refractivity contribution in [2.24, 2.45) is 0 Å². The molecule has 0 amide bonds. The van der Waals surface area contributed by atoms with Gasteiger partial charge in [0, 0.05) is 6.54 Å². The van der Waals surface area contributed by atoms with E-state index in [2.05, 4.69) is 24.2 Å². The molecule has 1 atom stereocenters. The molecule has 0 aliphatic carbocycles. The van der Waals surface area contributed by atoms with E-state index in [1.54, 1.807) is 0 Å². The maximum atomic E-state index is 9.42. The first kappa shape index (κ1) is 9.23. The molecule has 11 heavy (non-hydrogen) atoms. The summed E-state index contributed by atoms with van der Waals surface area (Å²) in [5.41, 5.74) is 0. The predicted octanol–water partition coefficient (Wildman–Crippen LogP) is 1.28. The highest BCUT2D eigenvalue weighted by Gasteiger charge is 2.28. The van der Waals surface area contributed by atoms with Gasteiger partial charge in [-0.2, -0.15) is 0 Å². The van der Waals surface area contributed by atoms with E-state index in [1.165, 1.54) is 13.0 Å². The minimum absolute atomic E-state index is 0.0597. The van der Waals surface area contributed by atoms with E-state index in [-0.39, 0.29) is 6.10 Å². The number of aliphatic hydroxyl groups is 1. The third kappa shape index (κ3) is 2.58. The number of rotatable bonds is 1. The predicted molar refractivity (Wildman–Crippen MR) is 50.2 cm³/mol. The molecule has 1 N–H and O–H groups in total. The number of β-amino-alcohol motifs (C(OH)–C–C–N with tert-alkyl or cyclic N) is 1. The Kier molecular flexibility index (Phi) is 2.73. The molecule has 0 spiro atoms. The molecular weight excluding hydrogens is 154 g/mol. The fraction of sp³-hybridized carbons (Fsp3) is 1.00. The molecule has 1 unspecified atom stereocenters. The Morgan fingerprint density at radius 1 is 1.36 bits per heavy atom. The third-order valence-corrected chi connectivity index (χ3v) is 4.65. The quantitative estimate of drug-likeness (QED) is 0.604. The average Bonchev–Trinajstić information content (AvgIpc) is 1.86. The summed E-state index contributed by atoms with van der Waals surface area (Å²) in [6, 6.07) is 0. The molecule has 0 aromatic heterocycles. The Hall–Kier alpha value is 0.137. The molecule has 1 aliphatic heterocycles. The number of piperidine rings is 1. The normalized spacial score (nSPS) is 28.9. The van der Waals surface area contributed by atoms with E-state index in [0.29, 0.717) is 0 Å². The van der Waals surface area contributed by atoms with Gasteiger partial charge in [0.1, 0.15) is 8.24 Å². The topological polar surface area (TPSA) is 23.5 Å². The van der Waals surface area contributed by atoms with Crippen LogP contribution in [0.4, 0.5) is 0 Å². The molecule has 3 heteroatoms. The molecule has 1 heterocycles. The van der Waals surface area contributed by atoms with Gasteiger partial charge >= 0.3 is 0 Å². The number of nitrogens with zero attached hydrogens (tertiary/aromatic N) is 1. The third-order valence-electron chi connectivity index (χ3n) is 2.35. The van der Waals surface area contributed by atoms with Gasteiger partial charge in [0.15, 0.2) is 0 Å². The summed E-state index contributed by atoms with van der Waals surface area (Å²) in [5.74, 6) is 0. The summed E-state index contributed by atoms with van der Waals surface area (Å²) in [5, 5.41) is 9.42. The maximum absolute atomic E-state index is 9.42. The standard InChI is InChI=1S/C8H19NOSi/c1-11(2,3)9-6-4-5-8(10)7-9/h8,10H,4-7H2,1-3H3. The summed E-state index contributed by atoms with van der Waals surface area (Å²) >= 11 is 0. The van der Waals surface area contributed by atoms with Gasteiger partial charge in [-0.05, 0) is 19.4 Å². The van der Waals surface area contributed by atoms with Crippen molar-refractivity contribution >= 4 is 8.24 Å². The van der Waals surface area contributed by atoms with Crippen molar-refractivity contribution in [3.8, 4) is 0 Å². The van der Waals surface area contributed by atoms with Crippen molar-refractivity contribution in [3.63, 3.8) is 0 Å². The lowest BCUT2D eigenvalue weighted by atomic mass is 10.1. The number of aliphatic hydroxyl groups excluding tert-OH is 1. The molecule has 1 fully saturated rings. The molecule has 1 rings (SSSR count). The van der Waals surface area contributed by atoms with Gasteiger partial charge < -0.3 is 9.67 Å². The molecular formula is C8H19NOSi. The van der Waals surface area contributed by atoms with Gasteiger partial charge in [-0.15, -0.1) is 0 Å². The van der Waals surface area contributed by atoms with Crippen molar-refractivity contribution in [3.05, 3.63) is 0 Å². The summed E-state index contributed by atoms with van der Waals surface area (Å²) in [6.45, 7) is 9.13. The molecule has 0 aromatic carbocycles. The minimum Gasteiger partial charge on any atom is -0.392 e. The second-order valence-corrected chi connectivity index (χ2v) is 9.39. The summed E-state index contributed by atoms with van der Waals surface area (Å²) in [4.78, 5) is 0. The smallest absolute Gasteiger partial charge is 0.119 e. The zero-order valence-electron chi connectivity index (χ0n) is 7.80.